The van der Waals surface area contributed by atoms with E-state index in [0.29, 0.717) is 12.1 Å². The van der Waals surface area contributed by atoms with Crippen LogP contribution in [0.2, 0.25) is 0 Å². The van der Waals surface area contributed by atoms with Gasteiger partial charge in [0.05, 0.1) is 13.2 Å². The van der Waals surface area contributed by atoms with Crippen LogP contribution in [-0.4, -0.2) is 39.9 Å². The number of amides is 1. The third kappa shape index (κ3) is 4.74. The molecule has 1 fully saturated rings. The Kier molecular flexibility index (Phi) is 6.63. The van der Waals surface area contributed by atoms with Crippen molar-refractivity contribution < 1.29 is 17.9 Å². The van der Waals surface area contributed by atoms with Gasteiger partial charge in [-0.15, -0.1) is 0 Å². The Balaban J connectivity index is 1.84. The number of hydrogen-bond acceptors (Lipinski definition) is 4. The summed E-state index contributed by atoms with van der Waals surface area (Å²) < 4.78 is 31.9. The van der Waals surface area contributed by atoms with E-state index < -0.39 is 10.0 Å². The smallest absolute Gasteiger partial charge is 0.247 e. The third-order valence-electron chi connectivity index (χ3n) is 5.33. The predicted octanol–water partition coefficient (Wildman–Crippen LogP) is 3.60. The lowest BCUT2D eigenvalue weighted by molar-refractivity contribution is -0.126. The molecular formula is C23H28N2O4S. The summed E-state index contributed by atoms with van der Waals surface area (Å²) in [5, 5.41) is 0. The van der Waals surface area contributed by atoms with E-state index in [-0.39, 0.29) is 22.6 Å². The summed E-state index contributed by atoms with van der Waals surface area (Å²) in [7, 11) is -0.906. The van der Waals surface area contributed by atoms with Crippen molar-refractivity contribution in [2.24, 2.45) is 0 Å². The van der Waals surface area contributed by atoms with Gasteiger partial charge in [-0.2, -0.15) is 0 Å². The Labute approximate surface area is 178 Å². The number of sulfonamides is 1. The Bertz CT molecular complexity index is 1060. The van der Waals surface area contributed by atoms with Crippen molar-refractivity contribution in [1.82, 2.24) is 9.62 Å². The van der Waals surface area contributed by atoms with E-state index in [4.69, 9.17) is 4.74 Å². The summed E-state index contributed by atoms with van der Waals surface area (Å²) >= 11 is 0. The molecule has 0 radical (unpaired) electrons. The number of hydrogen-bond donors (Lipinski definition) is 1. The number of carbonyl (C=O) groups excluding carboxylic acids is 1. The summed E-state index contributed by atoms with van der Waals surface area (Å²) in [6.07, 6.45) is 5.06. The average molecular weight is 429 g/mol. The lowest BCUT2D eigenvalue weighted by Gasteiger charge is -2.24. The summed E-state index contributed by atoms with van der Waals surface area (Å²) in [5.41, 5.74) is 4.16. The molecule has 0 saturated carbocycles. The summed E-state index contributed by atoms with van der Waals surface area (Å²) in [6.45, 7) is 4.85. The quantitative estimate of drug-likeness (QED) is 0.714. The number of methoxy groups -OCH3 is 1. The molecule has 1 saturated heterocycles. The average Bonchev–Trinajstić information content (AvgIpc) is 3.21. The van der Waals surface area contributed by atoms with Crippen molar-refractivity contribution in [1.29, 1.82) is 0 Å². The van der Waals surface area contributed by atoms with Crippen molar-refractivity contribution in [2.45, 2.75) is 37.6 Å². The van der Waals surface area contributed by atoms with Crippen LogP contribution in [-0.2, 0) is 14.8 Å². The van der Waals surface area contributed by atoms with Crippen LogP contribution < -0.4 is 9.46 Å². The first-order chi connectivity index (χ1) is 14.2. The molecule has 0 spiro atoms. The first-order valence-corrected chi connectivity index (χ1v) is 11.4. The topological polar surface area (TPSA) is 75.7 Å². The van der Waals surface area contributed by atoms with Crippen LogP contribution in [0.1, 0.15) is 41.1 Å². The fourth-order valence-corrected chi connectivity index (χ4v) is 4.89. The van der Waals surface area contributed by atoms with Crippen LogP contribution in [0.3, 0.4) is 0 Å². The lowest BCUT2D eigenvalue weighted by atomic mass is 9.99. The van der Waals surface area contributed by atoms with Crippen LogP contribution in [0, 0.1) is 13.8 Å². The molecule has 1 heterocycles. The number of nitrogens with one attached hydrogen (secondary N) is 1. The molecule has 6 nitrogen and oxygen atoms in total. The first-order valence-electron chi connectivity index (χ1n) is 9.93. The fourth-order valence-electron chi connectivity index (χ4n) is 3.96. The number of benzene rings is 2. The van der Waals surface area contributed by atoms with Gasteiger partial charge in [-0.25, -0.2) is 13.1 Å². The van der Waals surface area contributed by atoms with Crippen molar-refractivity contribution in [2.75, 3.05) is 20.7 Å². The van der Waals surface area contributed by atoms with E-state index in [1.54, 1.807) is 18.2 Å². The number of ether oxygens (including phenoxy) is 1. The van der Waals surface area contributed by atoms with E-state index in [0.717, 1.165) is 12.8 Å². The Morgan fingerprint density at radius 3 is 2.50 bits per heavy atom. The molecular weight excluding hydrogens is 400 g/mol. The number of carbonyl (C=O) groups is 1. The zero-order chi connectivity index (χ0) is 21.9. The van der Waals surface area contributed by atoms with Crippen LogP contribution in [0.5, 0.6) is 5.75 Å². The van der Waals surface area contributed by atoms with Gasteiger partial charge in [-0.05, 0) is 63.1 Å². The minimum absolute atomic E-state index is 0.0383. The molecule has 0 bridgehead atoms. The Morgan fingerprint density at radius 1 is 1.17 bits per heavy atom. The van der Waals surface area contributed by atoms with Crippen molar-refractivity contribution >= 4 is 22.0 Å². The van der Waals surface area contributed by atoms with E-state index >= 15 is 0 Å². The number of rotatable bonds is 6. The molecule has 3 rings (SSSR count). The van der Waals surface area contributed by atoms with Crippen LogP contribution in [0.4, 0.5) is 0 Å². The minimum atomic E-state index is -3.67. The largest absolute Gasteiger partial charge is 0.495 e. The van der Waals surface area contributed by atoms with Gasteiger partial charge in [0, 0.05) is 12.6 Å². The summed E-state index contributed by atoms with van der Waals surface area (Å²) in [5.74, 6) is 0.174. The highest BCUT2D eigenvalue weighted by atomic mass is 32.2. The fraction of sp³-hybridized carbons (Fsp3) is 0.348. The molecule has 0 aromatic heterocycles. The molecule has 2 aromatic rings. The van der Waals surface area contributed by atoms with Crippen molar-refractivity contribution in [3.8, 4) is 5.75 Å². The van der Waals surface area contributed by atoms with Gasteiger partial charge < -0.3 is 9.64 Å². The van der Waals surface area contributed by atoms with Crippen LogP contribution >= 0.6 is 0 Å². The zero-order valence-electron chi connectivity index (χ0n) is 17.8. The summed E-state index contributed by atoms with van der Waals surface area (Å²) in [6, 6.07) is 11.3. The number of likely N-dealkylation sites (tertiary alicyclic amines) is 1. The Hall–Kier alpha value is -2.64. The molecule has 1 unspecified atom stereocenters. The molecule has 1 aliphatic rings. The van der Waals surface area contributed by atoms with Gasteiger partial charge in [-0.1, -0.05) is 35.4 Å². The second-order valence-corrected chi connectivity index (χ2v) is 9.42. The highest BCUT2D eigenvalue weighted by molar-refractivity contribution is 7.89. The predicted molar refractivity (Wildman–Crippen MR) is 118 cm³/mol. The van der Waals surface area contributed by atoms with Gasteiger partial charge in [0.25, 0.3) is 0 Å². The van der Waals surface area contributed by atoms with E-state index in [9.17, 15) is 13.2 Å². The minimum Gasteiger partial charge on any atom is -0.495 e. The number of aryl methyl sites for hydroxylation is 2. The molecule has 2 aromatic carbocycles. The van der Waals surface area contributed by atoms with Crippen LogP contribution in [0.15, 0.2) is 47.4 Å². The maximum Gasteiger partial charge on any atom is 0.247 e. The molecule has 1 N–H and O–H groups in total. The second kappa shape index (κ2) is 9.02. The molecule has 160 valence electrons. The molecule has 1 atom stereocenters. The van der Waals surface area contributed by atoms with Gasteiger partial charge in [0.1, 0.15) is 10.6 Å². The van der Waals surface area contributed by atoms with Gasteiger partial charge in [0.15, 0.2) is 0 Å². The second-order valence-electron chi connectivity index (χ2n) is 7.56. The highest BCUT2D eigenvalue weighted by Crippen LogP contribution is 2.33. The van der Waals surface area contributed by atoms with Gasteiger partial charge in [-0.3, -0.25) is 4.79 Å². The molecule has 1 amide bonds. The van der Waals surface area contributed by atoms with E-state index in [1.807, 2.05) is 4.90 Å². The van der Waals surface area contributed by atoms with Gasteiger partial charge in [0.2, 0.25) is 15.9 Å². The van der Waals surface area contributed by atoms with Gasteiger partial charge >= 0.3 is 0 Å². The standard InChI is InChI=1S/C23H28N2O4S/c1-16-12-17(2)14-19(13-16)20-6-5-11-25(20)23(26)10-8-18-7-9-21(29-4)22(15-18)30(27,28)24-3/h7-10,12-15,20,24H,5-6,11H2,1-4H3/b10-8+. The molecule has 0 aliphatic carbocycles. The number of nitrogens with zero attached hydrogens (tertiary/aromatic N) is 1. The summed E-state index contributed by atoms with van der Waals surface area (Å²) in [4.78, 5) is 14.8. The monoisotopic (exact) mass is 428 g/mol. The Morgan fingerprint density at radius 2 is 1.87 bits per heavy atom. The third-order valence-corrected chi connectivity index (χ3v) is 6.76. The lowest BCUT2D eigenvalue weighted by Crippen LogP contribution is -2.29. The zero-order valence-corrected chi connectivity index (χ0v) is 18.6. The molecule has 7 heteroatoms. The van der Waals surface area contributed by atoms with Crippen LogP contribution in [0.25, 0.3) is 6.08 Å². The normalized spacial score (nSPS) is 16.9. The molecule has 30 heavy (non-hydrogen) atoms. The maximum atomic E-state index is 12.9. The highest BCUT2D eigenvalue weighted by Gasteiger charge is 2.29. The van der Waals surface area contributed by atoms with Crippen molar-refractivity contribution in [3.63, 3.8) is 0 Å². The van der Waals surface area contributed by atoms with E-state index in [2.05, 4.69) is 36.8 Å². The SMILES string of the molecule is CNS(=O)(=O)c1cc(/C=C/C(=O)N2CCCC2c2cc(C)cc(C)c2)ccc1OC. The maximum absolute atomic E-state index is 12.9. The van der Waals surface area contributed by atoms with E-state index in [1.165, 1.54) is 43.0 Å². The molecule has 1 aliphatic heterocycles. The first kappa shape index (κ1) is 22.1. The van der Waals surface area contributed by atoms with Crippen molar-refractivity contribution in [3.05, 3.63) is 64.7 Å².